The van der Waals surface area contributed by atoms with Gasteiger partial charge in [-0.1, -0.05) is 104 Å². The first-order valence-electron chi connectivity index (χ1n) is 14.2. The fourth-order valence-corrected chi connectivity index (χ4v) is 5.34. The highest BCUT2D eigenvalue weighted by atomic mass is 15.1. The highest BCUT2D eigenvalue weighted by molar-refractivity contribution is 6.19. The molecule has 0 fully saturated rings. The summed E-state index contributed by atoms with van der Waals surface area (Å²) in [5, 5.41) is 6.06. The molecule has 35 heavy (non-hydrogen) atoms. The third kappa shape index (κ3) is 3.00. The Balaban J connectivity index is 1.66. The third-order valence-corrected chi connectivity index (χ3v) is 6.84. The van der Waals surface area contributed by atoms with E-state index in [1.165, 1.54) is 0 Å². The van der Waals surface area contributed by atoms with Gasteiger partial charge >= 0.3 is 0 Å². The Bertz CT molecular complexity index is 2030. The molecule has 0 aliphatic heterocycles. The molecule has 0 bridgehead atoms. The minimum Gasteiger partial charge on any atom is -0.295 e. The lowest BCUT2D eigenvalue weighted by Crippen LogP contribution is -2.03. The SMILES string of the molecule is [2H]C([2H])([2H])C([2H])([2H])c1nc2ccccc2n1-c1c2ccccc2c(-c2ccc3ccccc3c2)c2ccccc12. The Hall–Kier alpha value is -4.43. The first-order chi connectivity index (χ1) is 19.3. The Morgan fingerprint density at radius 3 is 2.06 bits per heavy atom. The zero-order valence-electron chi connectivity index (χ0n) is 23.9. The second-order valence-corrected chi connectivity index (χ2v) is 8.76. The molecule has 1 heterocycles. The summed E-state index contributed by atoms with van der Waals surface area (Å²) in [5.74, 6) is -0.137. The van der Waals surface area contributed by atoms with Crippen LogP contribution < -0.4 is 0 Å². The van der Waals surface area contributed by atoms with Crippen molar-refractivity contribution in [2.24, 2.45) is 0 Å². The van der Waals surface area contributed by atoms with E-state index < -0.39 is 13.2 Å². The quantitative estimate of drug-likeness (QED) is 0.245. The van der Waals surface area contributed by atoms with Crippen molar-refractivity contribution in [1.29, 1.82) is 0 Å². The molecule has 0 unspecified atom stereocenters. The molecule has 166 valence electrons. The average Bonchev–Trinajstić information content (AvgIpc) is 3.35. The van der Waals surface area contributed by atoms with Crippen LogP contribution in [0.5, 0.6) is 0 Å². The first-order valence-corrected chi connectivity index (χ1v) is 11.7. The summed E-state index contributed by atoms with van der Waals surface area (Å²) in [4.78, 5) is 4.58. The fourth-order valence-electron chi connectivity index (χ4n) is 5.34. The van der Waals surface area contributed by atoms with Crippen molar-refractivity contribution in [3.8, 4) is 16.8 Å². The van der Waals surface area contributed by atoms with Gasteiger partial charge in [0.25, 0.3) is 0 Å². The average molecular weight is 454 g/mol. The molecule has 2 nitrogen and oxygen atoms in total. The molecular weight excluding hydrogens is 424 g/mol. The van der Waals surface area contributed by atoms with E-state index in [9.17, 15) is 0 Å². The Morgan fingerprint density at radius 1 is 0.686 bits per heavy atom. The second-order valence-electron chi connectivity index (χ2n) is 8.76. The Morgan fingerprint density at radius 2 is 1.31 bits per heavy atom. The van der Waals surface area contributed by atoms with Gasteiger partial charge in [0, 0.05) is 24.0 Å². The lowest BCUT2D eigenvalue weighted by atomic mass is 9.89. The lowest BCUT2D eigenvalue weighted by Gasteiger charge is -2.20. The fraction of sp³-hybridized carbons (Fsp3) is 0.0606. The normalized spacial score (nSPS) is 14.6. The van der Waals surface area contributed by atoms with Crippen LogP contribution in [0.25, 0.3) is 60.2 Å². The highest BCUT2D eigenvalue weighted by Crippen LogP contribution is 2.42. The number of benzene rings is 6. The number of hydrogen-bond donors (Lipinski definition) is 0. The van der Waals surface area contributed by atoms with E-state index in [1.807, 2.05) is 66.7 Å². The lowest BCUT2D eigenvalue weighted by molar-refractivity contribution is 0.917. The summed E-state index contributed by atoms with van der Waals surface area (Å²) in [6.45, 7) is -2.91. The third-order valence-electron chi connectivity index (χ3n) is 6.84. The van der Waals surface area contributed by atoms with Gasteiger partial charge in [0.2, 0.25) is 0 Å². The van der Waals surface area contributed by atoms with Crippen LogP contribution in [0.3, 0.4) is 0 Å². The molecule has 0 amide bonds. The monoisotopic (exact) mass is 453 g/mol. The molecule has 6 aromatic carbocycles. The number of nitrogens with zero attached hydrogens (tertiary/aromatic N) is 2. The van der Waals surface area contributed by atoms with Gasteiger partial charge in [0.15, 0.2) is 0 Å². The zero-order chi connectivity index (χ0) is 27.6. The maximum atomic E-state index is 8.73. The smallest absolute Gasteiger partial charge is 0.114 e. The second kappa shape index (κ2) is 7.82. The first kappa shape index (κ1) is 15.5. The van der Waals surface area contributed by atoms with Crippen molar-refractivity contribution in [2.75, 3.05) is 0 Å². The summed E-state index contributed by atoms with van der Waals surface area (Å²) in [5.41, 5.74) is 4.06. The van der Waals surface area contributed by atoms with E-state index in [2.05, 4.69) is 47.4 Å². The number of rotatable bonds is 3. The van der Waals surface area contributed by atoms with E-state index in [4.69, 9.17) is 6.85 Å². The van der Waals surface area contributed by atoms with Crippen LogP contribution in [0, 0.1) is 0 Å². The predicted molar refractivity (Wildman–Crippen MR) is 148 cm³/mol. The maximum absolute atomic E-state index is 8.73. The number of imidazole rings is 1. The van der Waals surface area contributed by atoms with Crippen LogP contribution in [-0.2, 0) is 6.37 Å². The van der Waals surface area contributed by atoms with Crippen LogP contribution in [0.1, 0.15) is 19.5 Å². The van der Waals surface area contributed by atoms with Crippen molar-refractivity contribution >= 4 is 43.4 Å². The van der Waals surface area contributed by atoms with E-state index in [0.717, 1.165) is 43.4 Å². The van der Waals surface area contributed by atoms with Crippen LogP contribution in [0.4, 0.5) is 0 Å². The minimum atomic E-state index is -2.91. The summed E-state index contributed by atoms with van der Waals surface area (Å²) in [6.07, 6.45) is -2.69. The molecule has 0 radical (unpaired) electrons. The Kier molecular flexibility index (Phi) is 3.45. The van der Waals surface area contributed by atoms with Crippen molar-refractivity contribution in [1.82, 2.24) is 9.55 Å². The summed E-state index contributed by atoms with van der Waals surface area (Å²) in [7, 11) is 0. The highest BCUT2D eigenvalue weighted by Gasteiger charge is 2.20. The minimum absolute atomic E-state index is 0.137. The molecule has 7 rings (SSSR count). The molecule has 0 atom stereocenters. The number of fused-ring (bicyclic) bond motifs is 4. The molecular formula is C33H24N2. The van der Waals surface area contributed by atoms with E-state index >= 15 is 0 Å². The van der Waals surface area contributed by atoms with Crippen molar-refractivity contribution in [3.05, 3.63) is 121 Å². The van der Waals surface area contributed by atoms with E-state index in [-0.39, 0.29) is 5.82 Å². The molecule has 7 aromatic rings. The number of aromatic nitrogens is 2. The molecule has 0 N–H and O–H groups in total. The number of para-hydroxylation sites is 2. The maximum Gasteiger partial charge on any atom is 0.114 e. The van der Waals surface area contributed by atoms with Gasteiger partial charge in [-0.2, -0.15) is 0 Å². The largest absolute Gasteiger partial charge is 0.295 e. The van der Waals surface area contributed by atoms with Crippen molar-refractivity contribution in [3.63, 3.8) is 0 Å². The van der Waals surface area contributed by atoms with Crippen LogP contribution in [-0.4, -0.2) is 9.55 Å². The van der Waals surface area contributed by atoms with Crippen LogP contribution >= 0.6 is 0 Å². The molecule has 0 saturated heterocycles. The molecule has 0 aliphatic rings. The molecule has 1 aromatic heterocycles. The number of aryl methyl sites for hydroxylation is 1. The van der Waals surface area contributed by atoms with Gasteiger partial charge < -0.3 is 0 Å². The van der Waals surface area contributed by atoms with Gasteiger partial charge in [-0.05, 0) is 50.9 Å². The van der Waals surface area contributed by atoms with Gasteiger partial charge in [-0.3, -0.25) is 4.57 Å². The van der Waals surface area contributed by atoms with Crippen molar-refractivity contribution in [2.45, 2.75) is 13.2 Å². The predicted octanol–water partition coefficient (Wildman–Crippen LogP) is 8.71. The van der Waals surface area contributed by atoms with Gasteiger partial charge in [-0.25, -0.2) is 4.98 Å². The topological polar surface area (TPSA) is 17.8 Å². The van der Waals surface area contributed by atoms with Crippen molar-refractivity contribution < 1.29 is 6.85 Å². The zero-order valence-corrected chi connectivity index (χ0v) is 18.9. The van der Waals surface area contributed by atoms with Gasteiger partial charge in [0.05, 0.1) is 16.7 Å². The van der Waals surface area contributed by atoms with E-state index in [1.54, 1.807) is 10.6 Å². The van der Waals surface area contributed by atoms with E-state index in [0.29, 0.717) is 16.7 Å². The summed E-state index contributed by atoms with van der Waals surface area (Å²) in [6, 6.07) is 38.2. The molecule has 0 spiro atoms. The molecule has 2 heteroatoms. The molecule has 0 aliphatic carbocycles. The standard InChI is InChI=1S/C33H24N2/c1-2-31-34-29-17-9-10-18-30(29)35(31)33-27-15-7-5-13-25(27)32(26-14-6-8-16-28(26)33)24-20-19-22-11-3-4-12-23(22)21-24/h3-21H,2H2,1H3/i1D3,2D2. The number of hydrogen-bond acceptors (Lipinski definition) is 1. The summed E-state index contributed by atoms with van der Waals surface area (Å²) >= 11 is 0. The van der Waals surface area contributed by atoms with Gasteiger partial charge in [-0.15, -0.1) is 0 Å². The molecule has 0 saturated carbocycles. The van der Waals surface area contributed by atoms with Crippen LogP contribution in [0.15, 0.2) is 115 Å². The summed E-state index contributed by atoms with van der Waals surface area (Å²) < 4.78 is 43.3. The van der Waals surface area contributed by atoms with Gasteiger partial charge in [0.1, 0.15) is 5.82 Å². The van der Waals surface area contributed by atoms with Crippen LogP contribution in [0.2, 0.25) is 0 Å². The Labute approximate surface area is 211 Å².